The van der Waals surface area contributed by atoms with Crippen molar-refractivity contribution in [3.05, 3.63) is 18.6 Å². The second-order valence-corrected chi connectivity index (χ2v) is 7.97. The predicted molar refractivity (Wildman–Crippen MR) is 107 cm³/mol. The molecule has 1 fully saturated rings. The zero-order chi connectivity index (χ0) is 21.6. The van der Waals surface area contributed by atoms with Crippen LogP contribution in [0.25, 0.3) is 0 Å². The standard InChI is InChI=1S/C19H30N6O4/c1-6-13(2)15(23-18(28)29-19(3,4)5)16(26)24-10-7-11-25(24)17(27)22-14-12-20-8-9-21-14/h8-9,12-13,15H,6-7,10-11H2,1-5H3,(H,23,28)(H,21,22,27)/t13-,15-/m0/s1. The summed E-state index contributed by atoms with van der Waals surface area (Å²) >= 11 is 0. The Morgan fingerprint density at radius 3 is 2.48 bits per heavy atom. The fraction of sp³-hybridized carbons (Fsp3) is 0.632. The Bertz CT molecular complexity index is 721. The number of hydrogen-bond donors (Lipinski definition) is 2. The lowest BCUT2D eigenvalue weighted by atomic mass is 9.98. The lowest BCUT2D eigenvalue weighted by Gasteiger charge is -2.33. The number of alkyl carbamates (subject to hydrolysis) is 1. The van der Waals surface area contributed by atoms with Crippen LogP contribution in [0.5, 0.6) is 0 Å². The van der Waals surface area contributed by atoms with Crippen LogP contribution in [0.15, 0.2) is 18.6 Å². The Hall–Kier alpha value is -2.91. The first-order chi connectivity index (χ1) is 13.6. The highest BCUT2D eigenvalue weighted by molar-refractivity contribution is 5.92. The molecule has 1 aromatic rings. The van der Waals surface area contributed by atoms with E-state index in [1.165, 1.54) is 28.6 Å². The van der Waals surface area contributed by atoms with Gasteiger partial charge in [0.25, 0.3) is 5.91 Å². The molecule has 0 spiro atoms. The number of urea groups is 1. The van der Waals surface area contributed by atoms with Crippen molar-refractivity contribution in [1.29, 1.82) is 0 Å². The number of rotatable bonds is 5. The van der Waals surface area contributed by atoms with Gasteiger partial charge in [-0.2, -0.15) is 0 Å². The van der Waals surface area contributed by atoms with Crippen LogP contribution in [0.2, 0.25) is 0 Å². The largest absolute Gasteiger partial charge is 0.444 e. The van der Waals surface area contributed by atoms with Gasteiger partial charge < -0.3 is 10.1 Å². The minimum atomic E-state index is -0.806. The third-order valence-electron chi connectivity index (χ3n) is 4.47. The molecule has 0 unspecified atom stereocenters. The molecule has 1 saturated heterocycles. The zero-order valence-corrected chi connectivity index (χ0v) is 17.6. The van der Waals surface area contributed by atoms with Crippen LogP contribution in [0, 0.1) is 5.92 Å². The summed E-state index contributed by atoms with van der Waals surface area (Å²) in [4.78, 5) is 46.0. The Morgan fingerprint density at radius 1 is 1.21 bits per heavy atom. The lowest BCUT2D eigenvalue weighted by molar-refractivity contribution is -0.143. The quantitative estimate of drug-likeness (QED) is 0.775. The summed E-state index contributed by atoms with van der Waals surface area (Å²) in [6.07, 6.45) is 5.04. The van der Waals surface area contributed by atoms with Gasteiger partial charge in [0.2, 0.25) is 0 Å². The summed E-state index contributed by atoms with van der Waals surface area (Å²) in [6.45, 7) is 9.85. The molecule has 1 aliphatic heterocycles. The first-order valence-electron chi connectivity index (χ1n) is 9.77. The third kappa shape index (κ3) is 6.30. The monoisotopic (exact) mass is 406 g/mol. The Morgan fingerprint density at radius 2 is 1.90 bits per heavy atom. The van der Waals surface area contributed by atoms with Gasteiger partial charge in [-0.1, -0.05) is 20.3 Å². The van der Waals surface area contributed by atoms with Crippen LogP contribution in [0.1, 0.15) is 47.5 Å². The van der Waals surface area contributed by atoms with Crippen LogP contribution in [-0.4, -0.2) is 62.7 Å². The van der Waals surface area contributed by atoms with Gasteiger partial charge in [-0.15, -0.1) is 0 Å². The first kappa shape index (κ1) is 22.4. The van der Waals surface area contributed by atoms with Crippen molar-refractivity contribution in [2.45, 2.75) is 59.1 Å². The van der Waals surface area contributed by atoms with Crippen molar-refractivity contribution in [1.82, 2.24) is 25.3 Å². The van der Waals surface area contributed by atoms with E-state index in [2.05, 4.69) is 20.6 Å². The molecule has 10 nitrogen and oxygen atoms in total. The lowest BCUT2D eigenvalue weighted by Crippen LogP contribution is -2.56. The smallest absolute Gasteiger partial charge is 0.408 e. The van der Waals surface area contributed by atoms with Gasteiger partial charge in [-0.05, 0) is 33.1 Å². The van der Waals surface area contributed by atoms with Gasteiger partial charge in [0.1, 0.15) is 11.6 Å². The highest BCUT2D eigenvalue weighted by Gasteiger charge is 2.38. The molecule has 29 heavy (non-hydrogen) atoms. The maximum absolute atomic E-state index is 13.2. The Balaban J connectivity index is 2.11. The number of anilines is 1. The summed E-state index contributed by atoms with van der Waals surface area (Å²) in [6, 6.07) is -1.28. The summed E-state index contributed by atoms with van der Waals surface area (Å²) < 4.78 is 5.30. The SMILES string of the molecule is CC[C@H](C)[C@H](NC(=O)OC(C)(C)C)C(=O)N1CCCN1C(=O)Nc1cnccn1. The van der Waals surface area contributed by atoms with Crippen molar-refractivity contribution >= 4 is 23.8 Å². The number of carbonyl (C=O) groups is 3. The molecule has 2 atom stereocenters. The number of hydrogen-bond acceptors (Lipinski definition) is 6. The molecule has 1 aromatic heterocycles. The molecule has 2 N–H and O–H groups in total. The predicted octanol–water partition coefficient (Wildman–Crippen LogP) is 2.40. The van der Waals surface area contributed by atoms with E-state index in [4.69, 9.17) is 4.74 Å². The maximum Gasteiger partial charge on any atom is 0.408 e. The molecule has 0 radical (unpaired) electrons. The van der Waals surface area contributed by atoms with E-state index >= 15 is 0 Å². The fourth-order valence-corrected chi connectivity index (χ4v) is 2.87. The van der Waals surface area contributed by atoms with E-state index in [1.807, 2.05) is 13.8 Å². The summed E-state index contributed by atoms with van der Waals surface area (Å²) in [5, 5.41) is 8.02. The van der Waals surface area contributed by atoms with Crippen LogP contribution in [0.4, 0.5) is 15.4 Å². The zero-order valence-electron chi connectivity index (χ0n) is 17.6. The Labute approximate surface area is 171 Å². The normalized spacial score (nSPS) is 16.2. The van der Waals surface area contributed by atoms with Crippen LogP contribution in [0.3, 0.4) is 0 Å². The molecule has 4 amide bonds. The van der Waals surface area contributed by atoms with Crippen LogP contribution in [-0.2, 0) is 9.53 Å². The highest BCUT2D eigenvalue weighted by atomic mass is 16.6. The molecule has 0 bridgehead atoms. The molecule has 0 aliphatic carbocycles. The van der Waals surface area contributed by atoms with Crippen molar-refractivity contribution < 1.29 is 19.1 Å². The third-order valence-corrected chi connectivity index (χ3v) is 4.47. The van der Waals surface area contributed by atoms with E-state index in [0.717, 1.165) is 0 Å². The van der Waals surface area contributed by atoms with E-state index in [1.54, 1.807) is 20.8 Å². The number of ether oxygens (including phenoxy) is 1. The van der Waals surface area contributed by atoms with E-state index in [-0.39, 0.29) is 11.8 Å². The summed E-state index contributed by atoms with van der Waals surface area (Å²) in [5.41, 5.74) is -0.677. The fourth-order valence-electron chi connectivity index (χ4n) is 2.87. The first-order valence-corrected chi connectivity index (χ1v) is 9.77. The molecule has 2 heterocycles. The van der Waals surface area contributed by atoms with Crippen molar-refractivity contribution in [3.63, 3.8) is 0 Å². The molecule has 0 aromatic carbocycles. The van der Waals surface area contributed by atoms with Crippen LogP contribution >= 0.6 is 0 Å². The van der Waals surface area contributed by atoms with Crippen molar-refractivity contribution in [2.24, 2.45) is 5.92 Å². The molecule has 0 saturated carbocycles. The second kappa shape index (κ2) is 9.53. The molecule has 2 rings (SSSR count). The number of amides is 4. The Kier molecular flexibility index (Phi) is 7.35. The topological polar surface area (TPSA) is 117 Å². The average molecular weight is 406 g/mol. The van der Waals surface area contributed by atoms with Gasteiger partial charge in [0.05, 0.1) is 6.20 Å². The van der Waals surface area contributed by atoms with Crippen molar-refractivity contribution in [3.8, 4) is 0 Å². The van der Waals surface area contributed by atoms with Gasteiger partial charge >= 0.3 is 12.1 Å². The summed E-state index contributed by atoms with van der Waals surface area (Å²) in [7, 11) is 0. The maximum atomic E-state index is 13.2. The minimum Gasteiger partial charge on any atom is -0.444 e. The number of carbonyl (C=O) groups excluding carboxylic acids is 3. The van der Waals surface area contributed by atoms with E-state index in [0.29, 0.717) is 31.7 Å². The molecular formula is C19H30N6O4. The van der Waals surface area contributed by atoms with E-state index in [9.17, 15) is 14.4 Å². The number of aromatic nitrogens is 2. The second-order valence-electron chi connectivity index (χ2n) is 7.97. The summed E-state index contributed by atoms with van der Waals surface area (Å²) in [5.74, 6) is -0.195. The van der Waals surface area contributed by atoms with Crippen molar-refractivity contribution in [2.75, 3.05) is 18.4 Å². The number of hydrazine groups is 1. The van der Waals surface area contributed by atoms with Gasteiger partial charge in [-0.25, -0.2) is 24.6 Å². The molecule has 1 aliphatic rings. The van der Waals surface area contributed by atoms with E-state index < -0.39 is 23.8 Å². The van der Waals surface area contributed by atoms with Crippen LogP contribution < -0.4 is 10.6 Å². The number of nitrogens with one attached hydrogen (secondary N) is 2. The minimum absolute atomic E-state index is 0.138. The molecule has 10 heteroatoms. The van der Waals surface area contributed by atoms with Gasteiger partial charge in [-0.3, -0.25) is 15.1 Å². The van der Waals surface area contributed by atoms with Gasteiger partial charge in [0.15, 0.2) is 5.82 Å². The molecular weight excluding hydrogens is 376 g/mol. The van der Waals surface area contributed by atoms with Gasteiger partial charge in [0, 0.05) is 25.5 Å². The molecule has 160 valence electrons. The number of nitrogens with zero attached hydrogens (tertiary/aromatic N) is 4. The average Bonchev–Trinajstić information content (AvgIpc) is 3.14. The highest BCUT2D eigenvalue weighted by Crippen LogP contribution is 2.19.